The minimum absolute atomic E-state index is 0.109. The van der Waals surface area contributed by atoms with Gasteiger partial charge in [-0.2, -0.15) is 0 Å². The first kappa shape index (κ1) is 24.3. The number of pyridine rings is 1. The lowest BCUT2D eigenvalue weighted by atomic mass is 9.89. The molecule has 1 saturated heterocycles. The second-order valence-corrected chi connectivity index (χ2v) is 9.54. The number of aliphatic hydroxyl groups is 1. The van der Waals surface area contributed by atoms with E-state index in [1.807, 2.05) is 65.6 Å². The van der Waals surface area contributed by atoms with Crippen LogP contribution in [0.2, 0.25) is 0 Å². The lowest BCUT2D eigenvalue weighted by Gasteiger charge is -2.35. The molecule has 2 atom stereocenters. The number of ether oxygens (including phenoxy) is 2. The Labute approximate surface area is 212 Å². The number of carbonyl (C=O) groups excluding carboxylic acids is 1. The average molecular weight is 488 g/mol. The van der Waals surface area contributed by atoms with E-state index in [9.17, 15) is 9.90 Å². The molecule has 0 saturated carbocycles. The van der Waals surface area contributed by atoms with Crippen molar-refractivity contribution in [3.8, 4) is 11.5 Å². The average Bonchev–Trinajstić information content (AvgIpc) is 3.12. The number of hydrogen-bond acceptors (Lipinski definition) is 6. The molecule has 7 heteroatoms. The summed E-state index contributed by atoms with van der Waals surface area (Å²) in [6.07, 6.45) is 2.39. The summed E-state index contributed by atoms with van der Waals surface area (Å²) in [7, 11) is 1.67. The molecule has 0 radical (unpaired) electrons. The van der Waals surface area contributed by atoms with E-state index in [-0.39, 0.29) is 17.9 Å². The standard InChI is InChI=1S/C29H33N3O4/c1-35-26-12-5-3-9-23(26)27-19-31(18-22-8-2-4-11-25(22)36-27)20-28(33)32-16-13-21(14-17-32)29(34)24-10-6-7-15-30-24/h2-12,15,21,27,29,34H,13-14,16-20H2,1H3. The van der Waals surface area contributed by atoms with Crippen molar-refractivity contribution in [3.05, 3.63) is 89.7 Å². The van der Waals surface area contributed by atoms with E-state index in [4.69, 9.17) is 9.47 Å². The minimum Gasteiger partial charge on any atom is -0.496 e. The third kappa shape index (κ3) is 5.37. The Morgan fingerprint density at radius 1 is 1.08 bits per heavy atom. The maximum atomic E-state index is 13.3. The zero-order chi connectivity index (χ0) is 24.9. The number of carbonyl (C=O) groups is 1. The number of aliphatic hydroxyl groups excluding tert-OH is 1. The van der Waals surface area contributed by atoms with E-state index >= 15 is 0 Å². The molecular weight excluding hydrogens is 454 g/mol. The Morgan fingerprint density at radius 2 is 1.83 bits per heavy atom. The highest BCUT2D eigenvalue weighted by molar-refractivity contribution is 5.78. The van der Waals surface area contributed by atoms with E-state index in [2.05, 4.69) is 16.0 Å². The van der Waals surface area contributed by atoms with Gasteiger partial charge >= 0.3 is 0 Å². The number of benzene rings is 2. The molecular formula is C29H33N3O4. The van der Waals surface area contributed by atoms with Gasteiger partial charge in [0.2, 0.25) is 5.91 Å². The van der Waals surface area contributed by atoms with Crippen LogP contribution in [-0.4, -0.2) is 59.1 Å². The van der Waals surface area contributed by atoms with E-state index < -0.39 is 6.10 Å². The van der Waals surface area contributed by atoms with Crippen molar-refractivity contribution >= 4 is 5.91 Å². The molecule has 0 aliphatic carbocycles. The molecule has 2 aromatic carbocycles. The topological polar surface area (TPSA) is 75.1 Å². The summed E-state index contributed by atoms with van der Waals surface area (Å²) >= 11 is 0. The second kappa shape index (κ2) is 11.1. The maximum Gasteiger partial charge on any atom is 0.236 e. The predicted octanol–water partition coefficient (Wildman–Crippen LogP) is 4.00. The Hall–Kier alpha value is -3.42. The number of fused-ring (bicyclic) bond motifs is 1. The SMILES string of the molecule is COc1ccccc1C1CN(CC(=O)N2CCC(C(O)c3ccccn3)CC2)Cc2ccccc2O1. The Balaban J connectivity index is 1.26. The van der Waals surface area contributed by atoms with Gasteiger partial charge in [0.1, 0.15) is 17.6 Å². The van der Waals surface area contributed by atoms with Crippen molar-refractivity contribution in [2.75, 3.05) is 33.3 Å². The first-order chi connectivity index (χ1) is 17.6. The van der Waals surface area contributed by atoms with Crippen LogP contribution in [0.5, 0.6) is 11.5 Å². The molecule has 0 spiro atoms. The fraction of sp³-hybridized carbons (Fsp3) is 0.379. The zero-order valence-electron chi connectivity index (χ0n) is 20.6. The van der Waals surface area contributed by atoms with E-state index in [1.165, 1.54) is 0 Å². The highest BCUT2D eigenvalue weighted by Crippen LogP contribution is 2.35. The lowest BCUT2D eigenvalue weighted by Crippen LogP contribution is -2.45. The van der Waals surface area contributed by atoms with Crippen LogP contribution in [0.1, 0.15) is 41.9 Å². The van der Waals surface area contributed by atoms with Crippen LogP contribution < -0.4 is 9.47 Å². The van der Waals surface area contributed by atoms with E-state index in [0.29, 0.717) is 38.4 Å². The van der Waals surface area contributed by atoms with Gasteiger partial charge in [-0.25, -0.2) is 0 Å². The molecule has 2 unspecified atom stereocenters. The van der Waals surface area contributed by atoms with Crippen molar-refractivity contribution in [2.24, 2.45) is 5.92 Å². The van der Waals surface area contributed by atoms with Crippen molar-refractivity contribution in [3.63, 3.8) is 0 Å². The van der Waals surface area contributed by atoms with Gasteiger partial charge < -0.3 is 19.5 Å². The van der Waals surface area contributed by atoms with Gasteiger partial charge in [0.25, 0.3) is 0 Å². The van der Waals surface area contributed by atoms with Crippen LogP contribution >= 0.6 is 0 Å². The highest BCUT2D eigenvalue weighted by Gasteiger charge is 2.31. The van der Waals surface area contributed by atoms with Crippen LogP contribution in [0.25, 0.3) is 0 Å². The van der Waals surface area contributed by atoms with Crippen LogP contribution in [0, 0.1) is 5.92 Å². The summed E-state index contributed by atoms with van der Waals surface area (Å²) in [6, 6.07) is 21.5. The summed E-state index contributed by atoms with van der Waals surface area (Å²) in [5, 5.41) is 10.7. The third-order valence-electron chi connectivity index (χ3n) is 7.23. The lowest BCUT2D eigenvalue weighted by molar-refractivity contribution is -0.134. The molecule has 0 bridgehead atoms. The number of rotatable bonds is 6. The number of para-hydroxylation sites is 2. The predicted molar refractivity (Wildman–Crippen MR) is 137 cm³/mol. The maximum absolute atomic E-state index is 13.3. The second-order valence-electron chi connectivity index (χ2n) is 9.54. The number of aromatic nitrogens is 1. The van der Waals surface area contributed by atoms with Gasteiger partial charge in [0.15, 0.2) is 0 Å². The molecule has 188 valence electrons. The van der Waals surface area contributed by atoms with Gasteiger partial charge in [-0.15, -0.1) is 0 Å². The molecule has 3 aromatic rings. The first-order valence-electron chi connectivity index (χ1n) is 12.6. The number of amides is 1. The Morgan fingerprint density at radius 3 is 2.61 bits per heavy atom. The first-order valence-corrected chi connectivity index (χ1v) is 12.6. The fourth-order valence-electron chi connectivity index (χ4n) is 5.24. The smallest absolute Gasteiger partial charge is 0.236 e. The van der Waals surface area contributed by atoms with Crippen molar-refractivity contribution in [2.45, 2.75) is 31.6 Å². The molecule has 1 fully saturated rings. The van der Waals surface area contributed by atoms with Gasteiger partial charge in [0.05, 0.1) is 25.5 Å². The van der Waals surface area contributed by atoms with Crippen molar-refractivity contribution < 1.29 is 19.4 Å². The molecule has 1 aromatic heterocycles. The Bertz CT molecular complexity index is 1160. The van der Waals surface area contributed by atoms with Crippen LogP contribution in [0.15, 0.2) is 72.9 Å². The summed E-state index contributed by atoms with van der Waals surface area (Å²) in [5.41, 5.74) is 2.74. The molecule has 2 aliphatic heterocycles. The number of piperidine rings is 1. The number of methoxy groups -OCH3 is 1. The summed E-state index contributed by atoms with van der Waals surface area (Å²) in [4.78, 5) is 21.7. The van der Waals surface area contributed by atoms with Crippen molar-refractivity contribution in [1.29, 1.82) is 0 Å². The van der Waals surface area contributed by atoms with Gasteiger partial charge in [-0.3, -0.25) is 14.7 Å². The van der Waals surface area contributed by atoms with Gasteiger partial charge in [0, 0.05) is 43.5 Å². The molecule has 36 heavy (non-hydrogen) atoms. The largest absolute Gasteiger partial charge is 0.496 e. The quantitative estimate of drug-likeness (QED) is 0.567. The molecule has 3 heterocycles. The third-order valence-corrected chi connectivity index (χ3v) is 7.23. The molecule has 7 nitrogen and oxygen atoms in total. The van der Waals surface area contributed by atoms with Crippen LogP contribution in [0.4, 0.5) is 0 Å². The molecule has 1 N–H and O–H groups in total. The zero-order valence-corrected chi connectivity index (χ0v) is 20.6. The molecule has 1 amide bonds. The molecule has 2 aliphatic rings. The van der Waals surface area contributed by atoms with Gasteiger partial charge in [-0.05, 0) is 43.0 Å². The number of nitrogens with zero attached hydrogens (tertiary/aromatic N) is 3. The monoisotopic (exact) mass is 487 g/mol. The van der Waals surface area contributed by atoms with Crippen LogP contribution in [-0.2, 0) is 11.3 Å². The van der Waals surface area contributed by atoms with Crippen LogP contribution in [0.3, 0.4) is 0 Å². The summed E-state index contributed by atoms with van der Waals surface area (Å²) in [5.74, 6) is 1.84. The van der Waals surface area contributed by atoms with E-state index in [0.717, 1.165) is 35.5 Å². The Kier molecular flexibility index (Phi) is 7.49. The van der Waals surface area contributed by atoms with E-state index in [1.54, 1.807) is 13.3 Å². The highest BCUT2D eigenvalue weighted by atomic mass is 16.5. The molecule has 5 rings (SSSR count). The summed E-state index contributed by atoms with van der Waals surface area (Å²) < 4.78 is 12.0. The normalized spacial score (nSPS) is 19.6. The van der Waals surface area contributed by atoms with Gasteiger partial charge in [-0.1, -0.05) is 42.5 Å². The number of likely N-dealkylation sites (tertiary alicyclic amines) is 1. The fourth-order valence-corrected chi connectivity index (χ4v) is 5.24. The van der Waals surface area contributed by atoms with Crippen molar-refractivity contribution in [1.82, 2.24) is 14.8 Å². The summed E-state index contributed by atoms with van der Waals surface area (Å²) in [6.45, 7) is 2.82. The number of hydrogen-bond donors (Lipinski definition) is 1. The minimum atomic E-state index is -0.593.